The molecule has 0 aromatic carbocycles. The first-order valence-corrected chi connectivity index (χ1v) is 7.36. The van der Waals surface area contributed by atoms with E-state index in [0.717, 1.165) is 23.8 Å². The molecule has 1 N–H and O–H groups in total. The fraction of sp³-hybridized carbons (Fsp3) is 1.00. The van der Waals surface area contributed by atoms with E-state index in [1.807, 2.05) is 0 Å². The molecule has 0 bridgehead atoms. The SMILES string of the molecule is CCCNC(CC(C)C)C1CCCC(C)C1. The number of hydrogen-bond acceptors (Lipinski definition) is 1. The highest BCUT2D eigenvalue weighted by Crippen LogP contribution is 2.32. The lowest BCUT2D eigenvalue weighted by atomic mass is 9.76. The third kappa shape index (κ3) is 4.86. The zero-order valence-electron chi connectivity index (χ0n) is 11.8. The van der Waals surface area contributed by atoms with Gasteiger partial charge in [-0.3, -0.25) is 0 Å². The van der Waals surface area contributed by atoms with Crippen LogP contribution < -0.4 is 5.32 Å². The average Bonchev–Trinajstić information content (AvgIpc) is 2.23. The predicted octanol–water partition coefficient (Wildman–Crippen LogP) is 4.23. The quantitative estimate of drug-likeness (QED) is 0.713. The molecule has 0 aromatic rings. The predicted molar refractivity (Wildman–Crippen MR) is 72.7 cm³/mol. The lowest BCUT2D eigenvalue weighted by molar-refractivity contribution is 0.204. The van der Waals surface area contributed by atoms with Gasteiger partial charge in [0.25, 0.3) is 0 Å². The summed E-state index contributed by atoms with van der Waals surface area (Å²) in [6.45, 7) is 10.6. The first kappa shape index (κ1) is 14.0. The van der Waals surface area contributed by atoms with Gasteiger partial charge in [0.2, 0.25) is 0 Å². The summed E-state index contributed by atoms with van der Waals surface area (Å²) in [5, 5.41) is 3.79. The largest absolute Gasteiger partial charge is 0.314 e. The molecule has 1 aliphatic carbocycles. The van der Waals surface area contributed by atoms with Crippen LogP contribution in [-0.2, 0) is 0 Å². The van der Waals surface area contributed by atoms with Crippen LogP contribution in [0.25, 0.3) is 0 Å². The van der Waals surface area contributed by atoms with Crippen LogP contribution in [0.5, 0.6) is 0 Å². The lowest BCUT2D eigenvalue weighted by Crippen LogP contribution is -2.39. The molecule has 1 rings (SSSR count). The molecule has 0 aromatic heterocycles. The second kappa shape index (κ2) is 7.32. The minimum absolute atomic E-state index is 0.780. The third-order valence-electron chi connectivity index (χ3n) is 3.93. The van der Waals surface area contributed by atoms with Gasteiger partial charge in [-0.1, -0.05) is 40.5 Å². The molecule has 0 heterocycles. The van der Waals surface area contributed by atoms with Crippen molar-refractivity contribution in [3.63, 3.8) is 0 Å². The maximum Gasteiger partial charge on any atom is 0.00978 e. The van der Waals surface area contributed by atoms with E-state index in [1.54, 1.807) is 0 Å². The van der Waals surface area contributed by atoms with Gasteiger partial charge in [-0.2, -0.15) is 0 Å². The Morgan fingerprint density at radius 2 is 2.00 bits per heavy atom. The molecule has 3 unspecified atom stereocenters. The molecule has 0 spiro atoms. The maximum atomic E-state index is 3.79. The molecule has 0 amide bonds. The molecule has 96 valence electrons. The molecule has 0 aliphatic heterocycles. The Morgan fingerprint density at radius 1 is 1.25 bits per heavy atom. The van der Waals surface area contributed by atoms with Crippen LogP contribution in [0.1, 0.15) is 66.2 Å². The van der Waals surface area contributed by atoms with Gasteiger partial charge in [0.15, 0.2) is 0 Å². The lowest BCUT2D eigenvalue weighted by Gasteiger charge is -2.35. The van der Waals surface area contributed by atoms with Crippen LogP contribution in [0.4, 0.5) is 0 Å². The van der Waals surface area contributed by atoms with E-state index < -0.39 is 0 Å². The van der Waals surface area contributed by atoms with E-state index in [-0.39, 0.29) is 0 Å². The summed E-state index contributed by atoms with van der Waals surface area (Å²) < 4.78 is 0. The second-order valence-electron chi connectivity index (χ2n) is 6.22. The summed E-state index contributed by atoms with van der Waals surface area (Å²) in [5.41, 5.74) is 0. The summed E-state index contributed by atoms with van der Waals surface area (Å²) in [4.78, 5) is 0. The van der Waals surface area contributed by atoms with Gasteiger partial charge in [0.05, 0.1) is 0 Å². The van der Waals surface area contributed by atoms with Crippen molar-refractivity contribution in [2.45, 2.75) is 72.3 Å². The van der Waals surface area contributed by atoms with Gasteiger partial charge in [0.1, 0.15) is 0 Å². The van der Waals surface area contributed by atoms with Crippen molar-refractivity contribution >= 4 is 0 Å². The van der Waals surface area contributed by atoms with Crippen LogP contribution in [0.3, 0.4) is 0 Å². The smallest absolute Gasteiger partial charge is 0.00978 e. The molecule has 1 nitrogen and oxygen atoms in total. The number of hydrogen-bond donors (Lipinski definition) is 1. The van der Waals surface area contributed by atoms with Crippen LogP contribution in [0.2, 0.25) is 0 Å². The van der Waals surface area contributed by atoms with E-state index in [4.69, 9.17) is 0 Å². The molecule has 0 saturated heterocycles. The minimum atomic E-state index is 0.780. The van der Waals surface area contributed by atoms with Crippen molar-refractivity contribution in [2.75, 3.05) is 6.54 Å². The molecule has 1 aliphatic rings. The fourth-order valence-electron chi connectivity index (χ4n) is 3.13. The molecule has 1 fully saturated rings. The van der Waals surface area contributed by atoms with Gasteiger partial charge in [-0.05, 0) is 50.0 Å². The van der Waals surface area contributed by atoms with Crippen molar-refractivity contribution < 1.29 is 0 Å². The summed E-state index contributed by atoms with van der Waals surface area (Å²) >= 11 is 0. The molecular weight excluding hydrogens is 194 g/mol. The van der Waals surface area contributed by atoms with Crippen molar-refractivity contribution in [3.8, 4) is 0 Å². The van der Waals surface area contributed by atoms with Crippen LogP contribution >= 0.6 is 0 Å². The van der Waals surface area contributed by atoms with Gasteiger partial charge in [0, 0.05) is 6.04 Å². The van der Waals surface area contributed by atoms with Gasteiger partial charge in [-0.25, -0.2) is 0 Å². The molecular formula is C15H31N. The standard InChI is InChI=1S/C15H31N/c1-5-9-16-15(10-12(2)3)14-8-6-7-13(4)11-14/h12-16H,5-11H2,1-4H3. The summed E-state index contributed by atoms with van der Waals surface area (Å²) in [7, 11) is 0. The van der Waals surface area contributed by atoms with Crippen LogP contribution in [0, 0.1) is 17.8 Å². The maximum absolute atomic E-state index is 3.79. The number of rotatable bonds is 6. The highest BCUT2D eigenvalue weighted by atomic mass is 14.9. The summed E-state index contributed by atoms with van der Waals surface area (Å²) in [6, 6.07) is 0.780. The van der Waals surface area contributed by atoms with E-state index >= 15 is 0 Å². The first-order valence-electron chi connectivity index (χ1n) is 7.36. The van der Waals surface area contributed by atoms with Gasteiger partial charge in [-0.15, -0.1) is 0 Å². The first-order chi connectivity index (χ1) is 7.63. The Labute approximate surface area is 102 Å². The third-order valence-corrected chi connectivity index (χ3v) is 3.93. The van der Waals surface area contributed by atoms with E-state index in [9.17, 15) is 0 Å². The Balaban J connectivity index is 2.45. The Morgan fingerprint density at radius 3 is 2.56 bits per heavy atom. The molecule has 1 saturated carbocycles. The normalized spacial score (nSPS) is 28.3. The highest BCUT2D eigenvalue weighted by Gasteiger charge is 2.26. The second-order valence-corrected chi connectivity index (χ2v) is 6.22. The van der Waals surface area contributed by atoms with E-state index in [0.29, 0.717) is 0 Å². The molecule has 0 radical (unpaired) electrons. The van der Waals surface area contributed by atoms with E-state index in [1.165, 1.54) is 45.1 Å². The van der Waals surface area contributed by atoms with Crippen LogP contribution in [-0.4, -0.2) is 12.6 Å². The van der Waals surface area contributed by atoms with Crippen molar-refractivity contribution in [1.82, 2.24) is 5.32 Å². The Bertz CT molecular complexity index is 176. The molecule has 16 heavy (non-hydrogen) atoms. The molecule has 1 heteroatoms. The number of nitrogens with one attached hydrogen (secondary N) is 1. The molecule has 3 atom stereocenters. The van der Waals surface area contributed by atoms with Gasteiger partial charge < -0.3 is 5.32 Å². The van der Waals surface area contributed by atoms with Crippen LogP contribution in [0.15, 0.2) is 0 Å². The minimum Gasteiger partial charge on any atom is -0.314 e. The topological polar surface area (TPSA) is 12.0 Å². The van der Waals surface area contributed by atoms with Gasteiger partial charge >= 0.3 is 0 Å². The summed E-state index contributed by atoms with van der Waals surface area (Å²) in [6.07, 6.45) is 8.44. The van der Waals surface area contributed by atoms with Crippen molar-refractivity contribution in [2.24, 2.45) is 17.8 Å². The Hall–Kier alpha value is -0.0400. The monoisotopic (exact) mass is 225 g/mol. The fourth-order valence-corrected chi connectivity index (χ4v) is 3.13. The van der Waals surface area contributed by atoms with Crippen molar-refractivity contribution in [1.29, 1.82) is 0 Å². The zero-order valence-corrected chi connectivity index (χ0v) is 11.8. The Kier molecular flexibility index (Phi) is 6.41. The average molecular weight is 225 g/mol. The van der Waals surface area contributed by atoms with Crippen molar-refractivity contribution in [3.05, 3.63) is 0 Å². The zero-order chi connectivity index (χ0) is 12.0. The highest BCUT2D eigenvalue weighted by molar-refractivity contribution is 4.82. The van der Waals surface area contributed by atoms with E-state index in [2.05, 4.69) is 33.0 Å². The summed E-state index contributed by atoms with van der Waals surface area (Å²) in [5.74, 6) is 2.72.